The molecule has 0 aliphatic carbocycles. The lowest BCUT2D eigenvalue weighted by Crippen LogP contribution is -2.45. The number of anilines is 1. The fourth-order valence-electron chi connectivity index (χ4n) is 5.63. The monoisotopic (exact) mass is 714 g/mol. The number of ether oxygens (including phenoxy) is 3. The quantitative estimate of drug-likeness (QED) is 0.110. The number of imidazole rings is 1. The van der Waals surface area contributed by atoms with Crippen LogP contribution in [0.3, 0.4) is 0 Å². The molecule has 2 aromatic heterocycles. The van der Waals surface area contributed by atoms with Gasteiger partial charge in [0.15, 0.2) is 17.4 Å². The van der Waals surface area contributed by atoms with E-state index in [1.807, 2.05) is 51.1 Å². The summed E-state index contributed by atoms with van der Waals surface area (Å²) in [6.07, 6.45) is -4.01. The van der Waals surface area contributed by atoms with Crippen molar-refractivity contribution < 1.29 is 42.8 Å². The lowest BCUT2D eigenvalue weighted by molar-refractivity contribution is -0.149. The van der Waals surface area contributed by atoms with E-state index >= 15 is 0 Å². The molecule has 15 nitrogen and oxygen atoms in total. The molecule has 5 rings (SSSR count). The van der Waals surface area contributed by atoms with Crippen molar-refractivity contribution in [1.29, 1.82) is 0 Å². The highest BCUT2D eigenvalue weighted by Crippen LogP contribution is 2.49. The number of fused-ring (bicyclic) bond motifs is 2. The second-order valence-corrected chi connectivity index (χ2v) is 15.8. The molecule has 1 aliphatic rings. The molecule has 0 saturated carbocycles. The van der Waals surface area contributed by atoms with Crippen molar-refractivity contribution in [3.63, 3.8) is 0 Å². The van der Waals surface area contributed by atoms with E-state index in [9.17, 15) is 19.6 Å². The first-order chi connectivity index (χ1) is 23.4. The van der Waals surface area contributed by atoms with Crippen LogP contribution in [-0.4, -0.2) is 79.4 Å². The number of nitrogen functional groups attached to an aromatic ring is 1. The Morgan fingerprint density at radius 1 is 1.16 bits per heavy atom. The summed E-state index contributed by atoms with van der Waals surface area (Å²) < 4.78 is 45.7. The summed E-state index contributed by atoms with van der Waals surface area (Å²) in [5, 5.41) is 27.3. The van der Waals surface area contributed by atoms with Gasteiger partial charge in [0.1, 0.15) is 35.4 Å². The van der Waals surface area contributed by atoms with Crippen LogP contribution >= 0.6 is 7.75 Å². The first-order valence-corrected chi connectivity index (χ1v) is 18.1. The number of rotatable bonds is 13. The number of nitrogens with one attached hydrogen (secondary N) is 1. The number of carbonyl (C=O) groups excluding carboxylic acids is 1. The van der Waals surface area contributed by atoms with Gasteiger partial charge in [0.05, 0.1) is 19.8 Å². The van der Waals surface area contributed by atoms with E-state index in [0.29, 0.717) is 23.3 Å². The number of nitrogens with zero attached hydrogens (tertiary/aromatic N) is 4. The number of benzene rings is 2. The van der Waals surface area contributed by atoms with Crippen LogP contribution in [0, 0.1) is 18.3 Å². The number of carbonyl (C=O) groups is 1. The van der Waals surface area contributed by atoms with Crippen molar-refractivity contribution in [2.45, 2.75) is 85.5 Å². The molecule has 0 amide bonds. The predicted octanol–water partition coefficient (Wildman–Crippen LogP) is 4.69. The molecule has 6 atom stereocenters. The Morgan fingerprint density at radius 2 is 1.86 bits per heavy atom. The van der Waals surface area contributed by atoms with Crippen LogP contribution in [0.4, 0.5) is 5.95 Å². The number of aliphatic hydroxyl groups is 2. The van der Waals surface area contributed by atoms with Crippen LogP contribution in [0.5, 0.6) is 11.6 Å². The smallest absolute Gasteiger partial charge is 0.459 e. The Labute approximate surface area is 291 Å². The summed E-state index contributed by atoms with van der Waals surface area (Å²) >= 11 is 0. The Kier molecular flexibility index (Phi) is 10.8. The van der Waals surface area contributed by atoms with Crippen molar-refractivity contribution in [3.05, 3.63) is 48.3 Å². The summed E-state index contributed by atoms with van der Waals surface area (Å²) in [5.41, 5.74) is 4.27. The summed E-state index contributed by atoms with van der Waals surface area (Å²) in [5.74, 6) is -0.324. The highest BCUT2D eigenvalue weighted by molar-refractivity contribution is 7.52. The third kappa shape index (κ3) is 7.88. The van der Waals surface area contributed by atoms with Gasteiger partial charge in [-0.2, -0.15) is 15.1 Å². The van der Waals surface area contributed by atoms with Crippen molar-refractivity contribution in [1.82, 2.24) is 24.6 Å². The molecule has 50 heavy (non-hydrogen) atoms. The molecule has 1 fully saturated rings. The Balaban J connectivity index is 1.46. The molecule has 272 valence electrons. The third-order valence-electron chi connectivity index (χ3n) is 8.21. The van der Waals surface area contributed by atoms with Gasteiger partial charge in [0.2, 0.25) is 11.8 Å². The van der Waals surface area contributed by atoms with E-state index < -0.39 is 50.4 Å². The maximum atomic E-state index is 14.7. The average Bonchev–Trinajstić information content (AvgIpc) is 3.48. The third-order valence-corrected chi connectivity index (χ3v) is 9.73. The average molecular weight is 715 g/mol. The number of esters is 1. The van der Waals surface area contributed by atoms with Crippen LogP contribution in [0.1, 0.15) is 60.5 Å². The number of hydrogen-bond donors (Lipinski definition) is 4. The molecule has 2 aromatic carbocycles. The van der Waals surface area contributed by atoms with Gasteiger partial charge < -0.3 is 34.7 Å². The number of aromatic nitrogens is 4. The van der Waals surface area contributed by atoms with Gasteiger partial charge in [0, 0.05) is 5.39 Å². The second-order valence-electron chi connectivity index (χ2n) is 14.1. The van der Waals surface area contributed by atoms with Crippen LogP contribution in [0.2, 0.25) is 0 Å². The first kappa shape index (κ1) is 37.4. The number of aryl methyl sites for hydroxylation is 1. The van der Waals surface area contributed by atoms with Crippen molar-refractivity contribution in [2.24, 2.45) is 11.3 Å². The fraction of sp³-hybridized carbons (Fsp3) is 0.529. The Hall–Kier alpha value is -3.85. The topological polar surface area (TPSA) is 202 Å². The lowest BCUT2D eigenvalue weighted by atomic mass is 9.96. The van der Waals surface area contributed by atoms with Crippen molar-refractivity contribution in [3.8, 4) is 11.6 Å². The maximum Gasteiger partial charge on any atom is 0.459 e. The van der Waals surface area contributed by atoms with Crippen molar-refractivity contribution in [2.75, 3.05) is 25.6 Å². The molecule has 0 radical (unpaired) electrons. The minimum absolute atomic E-state index is 0.0847. The van der Waals surface area contributed by atoms with Gasteiger partial charge in [-0.3, -0.25) is 13.9 Å². The minimum Gasteiger partial charge on any atom is -0.476 e. The standard InChI is InChI=1S/C34H47N6O9P/c1-9-45-29-26-28(37-32(35)38-29)40(20(4)36-26)31-34(8,43)27(41)24(48-31)17-47-50(44,39-25(19(2)3)30(42)46-18-33(5,6)7)49-23-16-12-14-21-13-10-11-15-22(21)23/h10-16,19,24-25,27,31,41,43H,9,17-18H2,1-8H3,(H,39,44)(H2,35,37,38). The molecular formula is C34H47N6O9P. The minimum atomic E-state index is -4.44. The first-order valence-electron chi connectivity index (χ1n) is 16.5. The number of aliphatic hydroxyl groups excluding tert-OH is 1. The van der Waals surface area contributed by atoms with E-state index in [1.54, 1.807) is 39.8 Å². The molecule has 4 aromatic rings. The Morgan fingerprint density at radius 3 is 2.54 bits per heavy atom. The molecule has 5 N–H and O–H groups in total. The Bertz CT molecular complexity index is 1890. The highest BCUT2D eigenvalue weighted by atomic mass is 31.2. The van der Waals surface area contributed by atoms with Crippen LogP contribution in [0.25, 0.3) is 21.9 Å². The van der Waals surface area contributed by atoms with E-state index in [-0.39, 0.29) is 41.2 Å². The van der Waals surface area contributed by atoms with E-state index in [0.717, 1.165) is 5.39 Å². The van der Waals surface area contributed by atoms with E-state index in [2.05, 4.69) is 20.0 Å². The summed E-state index contributed by atoms with van der Waals surface area (Å²) in [6, 6.07) is 11.5. The summed E-state index contributed by atoms with van der Waals surface area (Å²) in [7, 11) is -4.44. The summed E-state index contributed by atoms with van der Waals surface area (Å²) in [4.78, 5) is 26.3. The number of hydrogen-bond acceptors (Lipinski definition) is 13. The van der Waals surface area contributed by atoms with E-state index in [1.165, 1.54) is 11.5 Å². The molecule has 3 heterocycles. The highest BCUT2D eigenvalue weighted by Gasteiger charge is 2.55. The molecule has 1 aliphatic heterocycles. The largest absolute Gasteiger partial charge is 0.476 e. The fourth-order valence-corrected chi connectivity index (χ4v) is 7.32. The van der Waals surface area contributed by atoms with Gasteiger partial charge in [-0.1, -0.05) is 71.0 Å². The van der Waals surface area contributed by atoms with E-state index in [4.69, 9.17) is 29.0 Å². The molecule has 6 unspecified atom stereocenters. The van der Waals surface area contributed by atoms with Crippen LogP contribution in [-0.2, 0) is 23.4 Å². The van der Waals surface area contributed by atoms with Gasteiger partial charge >= 0.3 is 13.7 Å². The van der Waals surface area contributed by atoms with Crippen molar-refractivity contribution >= 4 is 41.6 Å². The number of nitrogens with two attached hydrogens (primary N) is 1. The molecule has 0 bridgehead atoms. The second kappa shape index (κ2) is 14.4. The van der Waals surface area contributed by atoms with Gasteiger partial charge in [-0.25, -0.2) is 9.55 Å². The summed E-state index contributed by atoms with van der Waals surface area (Å²) in [6.45, 7) is 14.1. The van der Waals surface area contributed by atoms with Gasteiger partial charge in [-0.15, -0.1) is 0 Å². The molecule has 0 spiro atoms. The SMILES string of the molecule is CCOc1nc(N)nc2c1nc(C)n2C1OC(COP(=O)(NC(C(=O)OCC(C)(C)C)C(C)C)Oc2cccc3ccccc23)C(O)C1(C)O. The maximum absolute atomic E-state index is 14.7. The zero-order valence-electron chi connectivity index (χ0n) is 29.6. The predicted molar refractivity (Wildman–Crippen MR) is 186 cm³/mol. The molecule has 1 saturated heterocycles. The van der Waals surface area contributed by atoms with Gasteiger partial charge in [0.25, 0.3) is 0 Å². The molecular weight excluding hydrogens is 667 g/mol. The lowest BCUT2D eigenvalue weighted by Gasteiger charge is -2.29. The zero-order chi connectivity index (χ0) is 36.6. The zero-order valence-corrected chi connectivity index (χ0v) is 30.5. The van der Waals surface area contributed by atoms with Crippen LogP contribution < -0.4 is 20.1 Å². The normalized spacial score (nSPS) is 22.9. The molecule has 16 heteroatoms. The van der Waals surface area contributed by atoms with Gasteiger partial charge in [-0.05, 0) is 43.6 Å². The van der Waals surface area contributed by atoms with Crippen LogP contribution in [0.15, 0.2) is 42.5 Å².